The number of anilines is 2. The maximum Gasteiger partial charge on any atom is 0.255 e. The number of nitrogens with one attached hydrogen (secondary N) is 2. The number of allylic oxidation sites excluding steroid dienone is 2. The molecule has 0 bridgehead atoms. The smallest absolute Gasteiger partial charge is 0.255 e. The van der Waals surface area contributed by atoms with Crippen LogP contribution in [0.25, 0.3) is 0 Å². The molecule has 150 valence electrons. The van der Waals surface area contributed by atoms with E-state index in [0.717, 1.165) is 6.07 Å². The standard InChI is InChI=1S/C20H22F2N2O4/c1-11-13(5-3-7-27-11)19(25)23-17-10-18(16(22)9-15(17)21)24-20(26)14-6-4-8-28-12(14)2/h9-10H,3-8H2,1-2H3,(H,23,25)(H,24,26). The fourth-order valence-electron chi connectivity index (χ4n) is 3.16. The highest BCUT2D eigenvalue weighted by molar-refractivity contribution is 6.06. The van der Waals surface area contributed by atoms with Crippen LogP contribution in [0.5, 0.6) is 0 Å². The fourth-order valence-corrected chi connectivity index (χ4v) is 3.16. The zero-order chi connectivity index (χ0) is 20.3. The van der Waals surface area contributed by atoms with Gasteiger partial charge in [0.05, 0.1) is 35.7 Å². The Kier molecular flexibility index (Phi) is 5.96. The lowest BCUT2D eigenvalue weighted by molar-refractivity contribution is -0.114. The van der Waals surface area contributed by atoms with Gasteiger partial charge in [0, 0.05) is 6.07 Å². The Bertz CT molecular complexity index is 810. The van der Waals surface area contributed by atoms with Crippen molar-refractivity contribution in [3.63, 3.8) is 0 Å². The van der Waals surface area contributed by atoms with Crippen LogP contribution in [0.2, 0.25) is 0 Å². The van der Waals surface area contributed by atoms with Crippen LogP contribution in [0, 0.1) is 11.6 Å². The lowest BCUT2D eigenvalue weighted by Crippen LogP contribution is -2.22. The predicted molar refractivity (Wildman–Crippen MR) is 99.4 cm³/mol. The van der Waals surface area contributed by atoms with Crippen LogP contribution < -0.4 is 10.6 Å². The first kappa shape index (κ1) is 19.9. The molecule has 2 aliphatic rings. The van der Waals surface area contributed by atoms with Crippen LogP contribution >= 0.6 is 0 Å². The summed E-state index contributed by atoms with van der Waals surface area (Å²) in [5.74, 6) is -1.93. The second-order valence-electron chi connectivity index (χ2n) is 6.69. The molecule has 0 atom stereocenters. The van der Waals surface area contributed by atoms with E-state index in [4.69, 9.17) is 9.47 Å². The van der Waals surface area contributed by atoms with E-state index >= 15 is 0 Å². The van der Waals surface area contributed by atoms with Crippen LogP contribution in [-0.4, -0.2) is 25.0 Å². The summed E-state index contributed by atoms with van der Waals surface area (Å²) in [6.45, 7) is 4.40. The first-order chi connectivity index (χ1) is 13.4. The normalized spacial score (nSPS) is 17.0. The Labute approximate surface area is 161 Å². The molecule has 2 N–H and O–H groups in total. The third kappa shape index (κ3) is 4.32. The molecule has 2 amide bonds. The predicted octanol–water partition coefficient (Wildman–Crippen LogP) is 4.01. The molecule has 0 aromatic heterocycles. The van der Waals surface area contributed by atoms with E-state index in [-0.39, 0.29) is 11.4 Å². The highest BCUT2D eigenvalue weighted by Crippen LogP contribution is 2.27. The lowest BCUT2D eigenvalue weighted by Gasteiger charge is -2.20. The van der Waals surface area contributed by atoms with Crippen molar-refractivity contribution in [3.8, 4) is 0 Å². The van der Waals surface area contributed by atoms with Crippen LogP contribution in [0.3, 0.4) is 0 Å². The molecule has 1 aromatic carbocycles. The van der Waals surface area contributed by atoms with E-state index in [1.807, 2.05) is 0 Å². The zero-order valence-corrected chi connectivity index (χ0v) is 15.8. The maximum absolute atomic E-state index is 14.2. The molecule has 2 heterocycles. The maximum atomic E-state index is 14.2. The molecule has 2 aliphatic heterocycles. The highest BCUT2D eigenvalue weighted by atomic mass is 19.1. The third-order valence-corrected chi connectivity index (χ3v) is 4.73. The molecule has 0 saturated carbocycles. The van der Waals surface area contributed by atoms with Gasteiger partial charge >= 0.3 is 0 Å². The molecule has 0 fully saturated rings. The largest absolute Gasteiger partial charge is 0.498 e. The summed E-state index contributed by atoms with van der Waals surface area (Å²) in [6.07, 6.45) is 2.39. The number of rotatable bonds is 4. The average molecular weight is 392 g/mol. The first-order valence-electron chi connectivity index (χ1n) is 9.13. The fraction of sp³-hybridized carbons (Fsp3) is 0.400. The van der Waals surface area contributed by atoms with Gasteiger partial charge in [-0.2, -0.15) is 0 Å². The summed E-state index contributed by atoms with van der Waals surface area (Å²) in [6, 6.07) is 1.70. The topological polar surface area (TPSA) is 76.7 Å². The quantitative estimate of drug-likeness (QED) is 0.812. The van der Waals surface area contributed by atoms with Gasteiger partial charge in [0.15, 0.2) is 0 Å². The summed E-state index contributed by atoms with van der Waals surface area (Å²) >= 11 is 0. The number of carbonyl (C=O) groups excluding carboxylic acids is 2. The average Bonchev–Trinajstić information content (AvgIpc) is 2.66. The van der Waals surface area contributed by atoms with Crippen LogP contribution in [0.4, 0.5) is 20.2 Å². The van der Waals surface area contributed by atoms with E-state index in [2.05, 4.69) is 10.6 Å². The van der Waals surface area contributed by atoms with Gasteiger partial charge in [-0.05, 0) is 45.6 Å². The number of hydrogen-bond donors (Lipinski definition) is 2. The zero-order valence-electron chi connectivity index (χ0n) is 15.8. The minimum absolute atomic E-state index is 0.224. The summed E-state index contributed by atoms with van der Waals surface area (Å²) in [4.78, 5) is 24.8. The minimum Gasteiger partial charge on any atom is -0.498 e. The number of benzene rings is 1. The lowest BCUT2D eigenvalue weighted by atomic mass is 10.1. The SMILES string of the molecule is CC1=C(C(=O)Nc2cc(NC(=O)C3=C(C)OCCC3)c(F)cc2F)CCCO1. The number of ether oxygens (including phenoxy) is 2. The van der Waals surface area contributed by atoms with E-state index in [1.165, 1.54) is 0 Å². The van der Waals surface area contributed by atoms with Crippen molar-refractivity contribution in [2.75, 3.05) is 23.8 Å². The molecule has 3 rings (SSSR count). The molecule has 0 radical (unpaired) electrons. The van der Waals surface area contributed by atoms with Crippen LogP contribution in [0.15, 0.2) is 34.8 Å². The van der Waals surface area contributed by atoms with E-state index in [9.17, 15) is 18.4 Å². The summed E-state index contributed by atoms with van der Waals surface area (Å²) < 4.78 is 39.0. The number of amides is 2. The molecule has 0 spiro atoms. The van der Waals surface area contributed by atoms with Gasteiger partial charge in [-0.3, -0.25) is 9.59 Å². The van der Waals surface area contributed by atoms with Gasteiger partial charge in [0.2, 0.25) is 0 Å². The van der Waals surface area contributed by atoms with Crippen LogP contribution in [-0.2, 0) is 19.1 Å². The first-order valence-corrected chi connectivity index (χ1v) is 9.13. The van der Waals surface area contributed by atoms with Crippen molar-refractivity contribution in [1.82, 2.24) is 0 Å². The second-order valence-corrected chi connectivity index (χ2v) is 6.69. The minimum atomic E-state index is -0.935. The van der Waals surface area contributed by atoms with E-state index in [0.29, 0.717) is 67.6 Å². The molecule has 0 unspecified atom stereocenters. The van der Waals surface area contributed by atoms with E-state index in [1.54, 1.807) is 13.8 Å². The van der Waals surface area contributed by atoms with Crippen molar-refractivity contribution in [3.05, 3.63) is 46.4 Å². The number of hydrogen-bond acceptors (Lipinski definition) is 4. The highest BCUT2D eigenvalue weighted by Gasteiger charge is 2.22. The van der Waals surface area contributed by atoms with Crippen LogP contribution in [0.1, 0.15) is 39.5 Å². The summed E-state index contributed by atoms with van der Waals surface area (Å²) in [5, 5.41) is 4.87. The van der Waals surface area contributed by atoms with Crippen molar-refractivity contribution in [1.29, 1.82) is 0 Å². The molecule has 28 heavy (non-hydrogen) atoms. The molecule has 8 heteroatoms. The third-order valence-electron chi connectivity index (χ3n) is 4.73. The van der Waals surface area contributed by atoms with Gasteiger partial charge in [-0.25, -0.2) is 8.78 Å². The molecule has 6 nitrogen and oxygen atoms in total. The molecular weight excluding hydrogens is 370 g/mol. The van der Waals surface area contributed by atoms with Crippen molar-refractivity contribution in [2.45, 2.75) is 39.5 Å². The molecule has 1 aromatic rings. The summed E-state index contributed by atoms with van der Waals surface area (Å²) in [7, 11) is 0. The molecular formula is C20H22F2N2O4. The van der Waals surface area contributed by atoms with Crippen molar-refractivity contribution < 1.29 is 27.8 Å². The summed E-state index contributed by atoms with van der Waals surface area (Å²) in [5.41, 5.74) is 0.387. The van der Waals surface area contributed by atoms with Gasteiger partial charge in [0.1, 0.15) is 23.2 Å². The Hall–Kier alpha value is -2.90. The Morgan fingerprint density at radius 2 is 1.25 bits per heavy atom. The van der Waals surface area contributed by atoms with Crippen molar-refractivity contribution in [2.24, 2.45) is 0 Å². The Morgan fingerprint density at radius 1 is 0.821 bits per heavy atom. The van der Waals surface area contributed by atoms with Gasteiger partial charge < -0.3 is 20.1 Å². The van der Waals surface area contributed by atoms with Gasteiger partial charge in [-0.15, -0.1) is 0 Å². The second kappa shape index (κ2) is 8.41. The molecule has 0 saturated heterocycles. The van der Waals surface area contributed by atoms with Crippen molar-refractivity contribution >= 4 is 23.2 Å². The Morgan fingerprint density at radius 3 is 1.64 bits per heavy atom. The van der Waals surface area contributed by atoms with Gasteiger partial charge in [-0.1, -0.05) is 0 Å². The number of carbonyl (C=O) groups is 2. The number of halogens is 2. The molecule has 0 aliphatic carbocycles. The van der Waals surface area contributed by atoms with Gasteiger partial charge in [0.25, 0.3) is 11.8 Å². The van der Waals surface area contributed by atoms with E-state index < -0.39 is 23.4 Å². The Balaban J connectivity index is 1.80. The monoisotopic (exact) mass is 392 g/mol.